The average molecular weight is 249 g/mol. The van der Waals surface area contributed by atoms with Crippen LogP contribution in [0.3, 0.4) is 0 Å². The van der Waals surface area contributed by atoms with E-state index < -0.39 is 0 Å². The lowest BCUT2D eigenvalue weighted by molar-refractivity contribution is -0.00732. The number of hydrazine groups is 1. The van der Waals surface area contributed by atoms with Gasteiger partial charge in [0.05, 0.1) is 12.7 Å². The van der Waals surface area contributed by atoms with Crippen molar-refractivity contribution in [1.29, 1.82) is 0 Å². The van der Waals surface area contributed by atoms with Crippen molar-refractivity contribution >= 4 is 5.82 Å². The topological polar surface area (TPSA) is 60.2 Å². The number of nitrogens with two attached hydrogens (primary N) is 1. The van der Waals surface area contributed by atoms with Gasteiger partial charge in [0, 0.05) is 11.8 Å². The molecule has 0 saturated heterocycles. The number of ether oxygens (including phenoxy) is 1. The second-order valence-corrected chi connectivity index (χ2v) is 5.36. The minimum atomic E-state index is 0.377. The van der Waals surface area contributed by atoms with Crippen molar-refractivity contribution in [1.82, 2.24) is 4.98 Å². The van der Waals surface area contributed by atoms with Crippen molar-refractivity contribution in [2.75, 3.05) is 5.43 Å². The van der Waals surface area contributed by atoms with Crippen molar-refractivity contribution in [2.24, 2.45) is 17.7 Å². The molecule has 4 nitrogen and oxygen atoms in total. The number of nitrogens with one attached hydrogen (secondary N) is 1. The first-order chi connectivity index (χ1) is 8.70. The Bertz CT molecular complexity index is 383. The van der Waals surface area contributed by atoms with E-state index in [1.807, 2.05) is 12.1 Å². The van der Waals surface area contributed by atoms with E-state index in [-0.39, 0.29) is 0 Å². The predicted molar refractivity (Wildman–Crippen MR) is 72.8 cm³/mol. The Morgan fingerprint density at radius 1 is 1.39 bits per heavy atom. The molecule has 3 unspecified atom stereocenters. The SMILES string of the molecule is CC1CCC(OCc2cccnc2NN)CC1C. The maximum absolute atomic E-state index is 5.99. The molecule has 3 N–H and O–H groups in total. The third-order valence-corrected chi connectivity index (χ3v) is 4.05. The van der Waals surface area contributed by atoms with E-state index in [0.29, 0.717) is 18.5 Å². The molecule has 18 heavy (non-hydrogen) atoms. The molecule has 1 fully saturated rings. The Kier molecular flexibility index (Phi) is 4.55. The summed E-state index contributed by atoms with van der Waals surface area (Å²) in [7, 11) is 0. The number of rotatable bonds is 4. The van der Waals surface area contributed by atoms with Gasteiger partial charge in [0.25, 0.3) is 0 Å². The molecule has 1 aromatic rings. The van der Waals surface area contributed by atoms with Crippen LogP contribution in [0.2, 0.25) is 0 Å². The number of nitrogens with zero attached hydrogens (tertiary/aromatic N) is 1. The molecule has 0 amide bonds. The van der Waals surface area contributed by atoms with Crippen LogP contribution in [0.4, 0.5) is 5.82 Å². The Balaban J connectivity index is 1.88. The molecular formula is C14H23N3O. The molecule has 1 aliphatic carbocycles. The van der Waals surface area contributed by atoms with Gasteiger partial charge in [-0.1, -0.05) is 19.9 Å². The summed E-state index contributed by atoms with van der Waals surface area (Å²) in [5.41, 5.74) is 3.63. The van der Waals surface area contributed by atoms with Crippen LogP contribution in [0.1, 0.15) is 38.7 Å². The highest BCUT2D eigenvalue weighted by atomic mass is 16.5. The van der Waals surface area contributed by atoms with Gasteiger partial charge in [-0.25, -0.2) is 10.8 Å². The molecule has 0 bridgehead atoms. The second kappa shape index (κ2) is 6.16. The van der Waals surface area contributed by atoms with Crippen LogP contribution in [0.5, 0.6) is 0 Å². The minimum Gasteiger partial charge on any atom is -0.373 e. The molecule has 0 radical (unpaired) electrons. The van der Waals surface area contributed by atoms with Crippen LogP contribution in [0, 0.1) is 11.8 Å². The van der Waals surface area contributed by atoms with E-state index in [2.05, 4.69) is 24.3 Å². The molecule has 4 heteroatoms. The summed E-state index contributed by atoms with van der Waals surface area (Å²) in [6, 6.07) is 3.90. The first-order valence-electron chi connectivity index (χ1n) is 6.72. The van der Waals surface area contributed by atoms with Crippen molar-refractivity contribution in [3.63, 3.8) is 0 Å². The van der Waals surface area contributed by atoms with Gasteiger partial charge in [-0.2, -0.15) is 0 Å². The lowest BCUT2D eigenvalue weighted by Gasteiger charge is -2.32. The third-order valence-electron chi connectivity index (χ3n) is 4.05. The van der Waals surface area contributed by atoms with E-state index in [0.717, 1.165) is 30.2 Å². The smallest absolute Gasteiger partial charge is 0.145 e. The molecule has 0 aliphatic heterocycles. The van der Waals surface area contributed by atoms with Crippen LogP contribution in [0.15, 0.2) is 18.3 Å². The maximum Gasteiger partial charge on any atom is 0.145 e. The van der Waals surface area contributed by atoms with Gasteiger partial charge < -0.3 is 10.2 Å². The summed E-state index contributed by atoms with van der Waals surface area (Å²) in [6.07, 6.45) is 5.69. The van der Waals surface area contributed by atoms with Crippen LogP contribution < -0.4 is 11.3 Å². The molecule has 2 rings (SSSR count). The zero-order chi connectivity index (χ0) is 13.0. The van der Waals surface area contributed by atoms with Gasteiger partial charge >= 0.3 is 0 Å². The highest BCUT2D eigenvalue weighted by molar-refractivity contribution is 5.41. The van der Waals surface area contributed by atoms with Crippen LogP contribution in [-0.2, 0) is 11.3 Å². The molecule has 100 valence electrons. The summed E-state index contributed by atoms with van der Waals surface area (Å²) in [5.74, 6) is 7.71. The van der Waals surface area contributed by atoms with Crippen LogP contribution in [0.25, 0.3) is 0 Å². The molecule has 0 aromatic carbocycles. The number of anilines is 1. The van der Waals surface area contributed by atoms with Crippen molar-refractivity contribution < 1.29 is 4.74 Å². The van der Waals surface area contributed by atoms with Crippen LogP contribution in [-0.4, -0.2) is 11.1 Å². The van der Waals surface area contributed by atoms with E-state index in [9.17, 15) is 0 Å². The summed E-state index contributed by atoms with van der Waals surface area (Å²) in [4.78, 5) is 4.17. The highest BCUT2D eigenvalue weighted by Crippen LogP contribution is 2.31. The van der Waals surface area contributed by atoms with Gasteiger partial charge in [0.2, 0.25) is 0 Å². The molecule has 1 aliphatic rings. The quantitative estimate of drug-likeness (QED) is 0.636. The maximum atomic E-state index is 5.99. The zero-order valence-corrected chi connectivity index (χ0v) is 11.2. The van der Waals surface area contributed by atoms with Gasteiger partial charge in [-0.3, -0.25) is 0 Å². The Morgan fingerprint density at radius 2 is 2.22 bits per heavy atom. The molecule has 3 atom stereocenters. The van der Waals surface area contributed by atoms with E-state index >= 15 is 0 Å². The molecule has 1 aromatic heterocycles. The largest absolute Gasteiger partial charge is 0.373 e. The summed E-state index contributed by atoms with van der Waals surface area (Å²) in [5, 5.41) is 0. The minimum absolute atomic E-state index is 0.377. The third kappa shape index (κ3) is 3.21. The van der Waals surface area contributed by atoms with Crippen molar-refractivity contribution in [3.8, 4) is 0 Å². The fourth-order valence-electron chi connectivity index (χ4n) is 2.54. The average Bonchev–Trinajstić information content (AvgIpc) is 2.40. The normalized spacial score (nSPS) is 28.1. The van der Waals surface area contributed by atoms with Gasteiger partial charge in [-0.15, -0.1) is 0 Å². The van der Waals surface area contributed by atoms with Gasteiger partial charge in [0.1, 0.15) is 5.82 Å². The number of hydrogen-bond donors (Lipinski definition) is 2. The van der Waals surface area contributed by atoms with E-state index in [4.69, 9.17) is 10.6 Å². The molecular weight excluding hydrogens is 226 g/mol. The number of nitrogen functional groups attached to an aromatic ring is 1. The lowest BCUT2D eigenvalue weighted by Crippen LogP contribution is -2.26. The first-order valence-corrected chi connectivity index (χ1v) is 6.72. The van der Waals surface area contributed by atoms with Gasteiger partial charge in [0.15, 0.2) is 0 Å². The Labute approximate surface area is 109 Å². The Hall–Kier alpha value is -1.13. The van der Waals surface area contributed by atoms with Crippen molar-refractivity contribution in [2.45, 2.75) is 45.8 Å². The van der Waals surface area contributed by atoms with Crippen LogP contribution >= 0.6 is 0 Å². The number of pyridine rings is 1. The Morgan fingerprint density at radius 3 is 2.94 bits per heavy atom. The summed E-state index contributed by atoms with van der Waals surface area (Å²) >= 11 is 0. The monoisotopic (exact) mass is 249 g/mol. The van der Waals surface area contributed by atoms with Gasteiger partial charge in [-0.05, 0) is 37.2 Å². The highest BCUT2D eigenvalue weighted by Gasteiger charge is 2.25. The number of aromatic nitrogens is 1. The van der Waals surface area contributed by atoms with E-state index in [1.165, 1.54) is 6.42 Å². The summed E-state index contributed by atoms with van der Waals surface area (Å²) < 4.78 is 5.99. The predicted octanol–water partition coefficient (Wildman–Crippen LogP) is 2.71. The fourth-order valence-corrected chi connectivity index (χ4v) is 2.54. The zero-order valence-electron chi connectivity index (χ0n) is 11.2. The molecule has 0 spiro atoms. The number of hydrogen-bond acceptors (Lipinski definition) is 4. The lowest BCUT2D eigenvalue weighted by atomic mass is 9.80. The van der Waals surface area contributed by atoms with E-state index in [1.54, 1.807) is 6.20 Å². The summed E-state index contributed by atoms with van der Waals surface area (Å²) in [6.45, 7) is 5.23. The van der Waals surface area contributed by atoms with Crippen molar-refractivity contribution in [3.05, 3.63) is 23.9 Å². The first kappa shape index (κ1) is 13.3. The fraction of sp³-hybridized carbons (Fsp3) is 0.643. The molecule has 1 heterocycles. The molecule has 1 saturated carbocycles. The second-order valence-electron chi connectivity index (χ2n) is 5.36. The standard InChI is InChI=1S/C14H23N3O/c1-10-5-6-13(8-11(10)2)18-9-12-4-3-7-16-14(12)17-15/h3-4,7,10-11,13H,5-6,8-9,15H2,1-2H3,(H,16,17).